The fraction of sp³-hybridized carbons (Fsp3) is 0.562. The van der Waals surface area contributed by atoms with Crippen molar-refractivity contribution < 1.29 is 26.4 Å². The summed E-state index contributed by atoms with van der Waals surface area (Å²) in [6.07, 6.45) is -1.84. The number of carbonyl (C=O) groups is 1. The van der Waals surface area contributed by atoms with Crippen LogP contribution in [0, 0.1) is 11.3 Å². The van der Waals surface area contributed by atoms with Crippen LogP contribution in [0.3, 0.4) is 0 Å². The molecule has 1 aliphatic carbocycles. The van der Waals surface area contributed by atoms with E-state index in [0.717, 1.165) is 32.4 Å². The number of amides is 1. The van der Waals surface area contributed by atoms with E-state index in [-0.39, 0.29) is 34.5 Å². The molecule has 152 valence electrons. The van der Waals surface area contributed by atoms with Crippen LogP contribution in [-0.2, 0) is 14.8 Å². The molecule has 1 aromatic rings. The zero-order chi connectivity index (χ0) is 19.0. The fourth-order valence-corrected chi connectivity index (χ4v) is 4.42. The average Bonchev–Trinajstić information content (AvgIpc) is 3.27. The number of carbonyl (C=O) groups excluding carboxylic acids is 1. The van der Waals surface area contributed by atoms with Crippen LogP contribution >= 0.6 is 12.4 Å². The molecule has 1 aliphatic heterocycles. The van der Waals surface area contributed by atoms with Gasteiger partial charge < -0.3 is 10.6 Å². The highest BCUT2D eigenvalue weighted by Crippen LogP contribution is 2.58. The summed E-state index contributed by atoms with van der Waals surface area (Å²) in [5, 5.41) is 6.02. The third-order valence-electron chi connectivity index (χ3n) is 5.00. The lowest BCUT2D eigenvalue weighted by Crippen LogP contribution is -2.33. The Morgan fingerprint density at radius 3 is 2.33 bits per heavy atom. The second-order valence-corrected chi connectivity index (χ2v) is 8.59. The lowest BCUT2D eigenvalue weighted by atomic mass is 9.92. The van der Waals surface area contributed by atoms with Crippen molar-refractivity contribution in [2.24, 2.45) is 11.3 Å². The molecular formula is C16H21ClF3N3O3S. The van der Waals surface area contributed by atoms with Crippen LogP contribution in [0.1, 0.15) is 19.3 Å². The lowest BCUT2D eigenvalue weighted by Gasteiger charge is -2.23. The van der Waals surface area contributed by atoms with Gasteiger partial charge in [0, 0.05) is 11.6 Å². The van der Waals surface area contributed by atoms with Crippen LogP contribution in [0.25, 0.3) is 0 Å². The molecule has 0 aromatic heterocycles. The van der Waals surface area contributed by atoms with Crippen LogP contribution in [-0.4, -0.2) is 40.1 Å². The first-order valence-corrected chi connectivity index (χ1v) is 9.78. The third kappa shape index (κ3) is 5.34. The normalized spacial score (nSPS) is 21.4. The van der Waals surface area contributed by atoms with Gasteiger partial charge in [-0.3, -0.25) is 4.79 Å². The van der Waals surface area contributed by atoms with Gasteiger partial charge in [0.1, 0.15) is 6.54 Å². The largest absolute Gasteiger partial charge is 0.402 e. The number of piperidine rings is 1. The number of halogens is 4. The van der Waals surface area contributed by atoms with Crippen molar-refractivity contribution in [1.82, 2.24) is 10.0 Å². The number of rotatable bonds is 5. The highest BCUT2D eigenvalue weighted by molar-refractivity contribution is 7.89. The number of benzene rings is 1. The Morgan fingerprint density at radius 2 is 1.78 bits per heavy atom. The van der Waals surface area contributed by atoms with E-state index in [2.05, 4.69) is 10.6 Å². The van der Waals surface area contributed by atoms with E-state index < -0.39 is 22.7 Å². The first kappa shape index (κ1) is 21.9. The molecule has 1 saturated carbocycles. The molecule has 27 heavy (non-hydrogen) atoms. The summed E-state index contributed by atoms with van der Waals surface area (Å²) in [5.74, 6) is -0.140. The highest BCUT2D eigenvalue weighted by Gasteiger charge is 2.57. The Balaban J connectivity index is 0.00000261. The number of alkyl halides is 3. The van der Waals surface area contributed by atoms with Gasteiger partial charge in [-0.2, -0.15) is 13.2 Å². The number of hydrogen-bond donors (Lipinski definition) is 3. The molecule has 1 saturated heterocycles. The van der Waals surface area contributed by atoms with E-state index in [9.17, 15) is 26.4 Å². The summed E-state index contributed by atoms with van der Waals surface area (Å²) in [4.78, 5) is 12.1. The number of sulfonamides is 1. The molecule has 3 N–H and O–H groups in total. The van der Waals surface area contributed by atoms with Gasteiger partial charge in [-0.15, -0.1) is 12.4 Å². The first-order valence-electron chi connectivity index (χ1n) is 8.29. The average molecular weight is 428 g/mol. The van der Waals surface area contributed by atoms with Gasteiger partial charge in [-0.1, -0.05) is 0 Å². The van der Waals surface area contributed by atoms with E-state index in [1.54, 1.807) is 0 Å². The molecule has 3 rings (SSSR count). The minimum absolute atomic E-state index is 0. The number of nitrogens with one attached hydrogen (secondary N) is 3. The maximum absolute atomic E-state index is 12.4. The molecule has 0 bridgehead atoms. The SMILES string of the molecule is Cl.O=C(Nc1ccc(S(=O)(=O)NCC(F)(F)F)cc1)C1CC12CCNCC2. The number of anilines is 1. The van der Waals surface area contributed by atoms with Crippen molar-refractivity contribution in [2.45, 2.75) is 30.3 Å². The maximum atomic E-state index is 12.4. The molecule has 2 fully saturated rings. The van der Waals surface area contributed by atoms with Crippen molar-refractivity contribution in [3.63, 3.8) is 0 Å². The van der Waals surface area contributed by atoms with E-state index in [0.29, 0.717) is 5.69 Å². The van der Waals surface area contributed by atoms with Gasteiger partial charge in [0.05, 0.1) is 4.90 Å². The second kappa shape index (κ2) is 7.94. The molecule has 1 unspecified atom stereocenters. The van der Waals surface area contributed by atoms with Crippen molar-refractivity contribution in [3.8, 4) is 0 Å². The lowest BCUT2D eigenvalue weighted by molar-refractivity contribution is -0.121. The monoisotopic (exact) mass is 427 g/mol. The number of hydrogen-bond acceptors (Lipinski definition) is 4. The second-order valence-electron chi connectivity index (χ2n) is 6.82. The summed E-state index contributed by atoms with van der Waals surface area (Å²) >= 11 is 0. The Bertz CT molecular complexity index is 778. The van der Waals surface area contributed by atoms with Gasteiger partial charge in [0.2, 0.25) is 15.9 Å². The summed E-state index contributed by atoms with van der Waals surface area (Å²) < 4.78 is 61.6. The molecule has 6 nitrogen and oxygen atoms in total. The standard InChI is InChI=1S/C16H20F3N3O3S.ClH/c17-16(18,19)10-21-26(24,25)12-3-1-11(2-4-12)22-14(23)13-9-15(13)5-7-20-8-6-15;/h1-4,13,20-21H,5-10H2,(H,22,23);1H. The zero-order valence-electron chi connectivity index (χ0n) is 14.3. The maximum Gasteiger partial charge on any atom is 0.402 e. The van der Waals surface area contributed by atoms with Crippen molar-refractivity contribution in [2.75, 3.05) is 25.0 Å². The van der Waals surface area contributed by atoms with Crippen LogP contribution < -0.4 is 15.4 Å². The Hall–Kier alpha value is -1.36. The molecule has 2 aliphatic rings. The predicted molar refractivity (Wildman–Crippen MR) is 96.2 cm³/mol. The molecular weight excluding hydrogens is 407 g/mol. The Labute approximate surface area is 161 Å². The highest BCUT2D eigenvalue weighted by atomic mass is 35.5. The topological polar surface area (TPSA) is 87.3 Å². The van der Waals surface area contributed by atoms with Gasteiger partial charge >= 0.3 is 6.18 Å². The van der Waals surface area contributed by atoms with Crippen LogP contribution in [0.2, 0.25) is 0 Å². The quantitative estimate of drug-likeness (QED) is 0.672. The Morgan fingerprint density at radius 1 is 1.19 bits per heavy atom. The van der Waals surface area contributed by atoms with Crippen LogP contribution in [0.15, 0.2) is 29.2 Å². The molecule has 1 spiro atoms. The minimum atomic E-state index is -4.63. The molecule has 0 radical (unpaired) electrons. The van der Waals surface area contributed by atoms with Crippen molar-refractivity contribution >= 4 is 34.0 Å². The van der Waals surface area contributed by atoms with E-state index >= 15 is 0 Å². The molecule has 1 amide bonds. The van der Waals surface area contributed by atoms with Crippen LogP contribution in [0.4, 0.5) is 18.9 Å². The molecule has 11 heteroatoms. The Kier molecular flexibility index (Phi) is 6.45. The summed E-state index contributed by atoms with van der Waals surface area (Å²) in [5.41, 5.74) is 0.501. The molecule has 1 heterocycles. The summed E-state index contributed by atoms with van der Waals surface area (Å²) in [7, 11) is -4.25. The zero-order valence-corrected chi connectivity index (χ0v) is 15.9. The van der Waals surface area contributed by atoms with E-state index in [1.165, 1.54) is 29.0 Å². The van der Waals surface area contributed by atoms with E-state index in [1.807, 2.05) is 0 Å². The minimum Gasteiger partial charge on any atom is -0.326 e. The molecule has 1 atom stereocenters. The summed E-state index contributed by atoms with van der Waals surface area (Å²) in [6, 6.07) is 5.08. The molecule has 1 aromatic carbocycles. The van der Waals surface area contributed by atoms with Crippen LogP contribution in [0.5, 0.6) is 0 Å². The van der Waals surface area contributed by atoms with Crippen molar-refractivity contribution in [3.05, 3.63) is 24.3 Å². The van der Waals surface area contributed by atoms with Gasteiger partial charge in [0.25, 0.3) is 0 Å². The third-order valence-corrected chi connectivity index (χ3v) is 6.42. The predicted octanol–water partition coefficient (Wildman–Crippen LogP) is 2.28. The van der Waals surface area contributed by atoms with E-state index in [4.69, 9.17) is 0 Å². The van der Waals surface area contributed by atoms with Crippen molar-refractivity contribution in [1.29, 1.82) is 0 Å². The summed E-state index contributed by atoms with van der Waals surface area (Å²) in [6.45, 7) is 0.176. The van der Waals surface area contributed by atoms with Gasteiger partial charge in [-0.05, 0) is 62.0 Å². The van der Waals surface area contributed by atoms with Gasteiger partial charge in [-0.25, -0.2) is 13.1 Å². The fourth-order valence-electron chi connectivity index (χ4n) is 3.40. The smallest absolute Gasteiger partial charge is 0.326 e. The first-order chi connectivity index (χ1) is 12.1. The van der Waals surface area contributed by atoms with Gasteiger partial charge in [0.15, 0.2) is 0 Å².